The molecule has 0 N–H and O–H groups in total. The second-order valence-corrected chi connectivity index (χ2v) is 3.43. The molecule has 2 atom stereocenters. The van der Waals surface area contributed by atoms with Gasteiger partial charge >= 0.3 is 0 Å². The van der Waals surface area contributed by atoms with Crippen molar-refractivity contribution in [3.8, 4) is 0 Å². The molecule has 0 amide bonds. The van der Waals surface area contributed by atoms with Crippen LogP contribution < -0.4 is 0 Å². The van der Waals surface area contributed by atoms with Gasteiger partial charge in [0.2, 0.25) is 0 Å². The molecule has 10 heavy (non-hydrogen) atoms. The summed E-state index contributed by atoms with van der Waals surface area (Å²) in [5, 5.41) is 0. The number of halogens is 1. The largest absolute Gasteiger partial charge is 0.300 e. The number of nitrogens with zero attached hydrogens (tertiary/aromatic N) is 1. The fraction of sp³-hybridized carbons (Fsp3) is 1.00. The molecule has 2 unspecified atom stereocenters. The molecule has 0 aromatic heterocycles. The third kappa shape index (κ3) is 1.05. The zero-order chi connectivity index (χ0) is 6.97. The molecule has 1 aliphatic carbocycles. The van der Waals surface area contributed by atoms with Gasteiger partial charge in [-0.3, -0.25) is 9.29 Å². The van der Waals surface area contributed by atoms with Crippen molar-refractivity contribution in [3.63, 3.8) is 0 Å². The van der Waals surface area contributed by atoms with Crippen molar-refractivity contribution in [1.29, 1.82) is 0 Å². The maximum absolute atomic E-state index is 11.8. The smallest absolute Gasteiger partial charge is 0.0906 e. The Bertz CT molecular complexity index is 126. The van der Waals surface area contributed by atoms with Crippen LogP contribution in [0.2, 0.25) is 0 Å². The summed E-state index contributed by atoms with van der Waals surface area (Å²) in [7, 11) is 0. The van der Waals surface area contributed by atoms with Gasteiger partial charge in [0.15, 0.2) is 0 Å². The molecule has 0 spiro atoms. The lowest BCUT2D eigenvalue weighted by Crippen LogP contribution is -2.24. The molecule has 1 saturated heterocycles. The molecular formula is C8H14FN. The molecule has 0 radical (unpaired) electrons. The number of hydrogen-bond donors (Lipinski definition) is 0. The van der Waals surface area contributed by atoms with Gasteiger partial charge in [0.25, 0.3) is 0 Å². The van der Waals surface area contributed by atoms with Crippen molar-refractivity contribution in [3.05, 3.63) is 0 Å². The molecule has 58 valence electrons. The highest BCUT2D eigenvalue weighted by atomic mass is 19.1. The lowest BCUT2D eigenvalue weighted by atomic mass is 10.3. The van der Waals surface area contributed by atoms with Gasteiger partial charge in [0, 0.05) is 12.6 Å². The van der Waals surface area contributed by atoms with E-state index in [1.807, 2.05) is 0 Å². The topological polar surface area (TPSA) is 3.24 Å². The monoisotopic (exact) mass is 143 g/mol. The summed E-state index contributed by atoms with van der Waals surface area (Å²) in [6.45, 7) is 2.08. The Hall–Kier alpha value is -0.110. The number of rotatable bonds is 3. The van der Waals surface area contributed by atoms with Crippen LogP contribution in [-0.4, -0.2) is 30.7 Å². The van der Waals surface area contributed by atoms with Crippen LogP contribution in [0.15, 0.2) is 0 Å². The summed E-state index contributed by atoms with van der Waals surface area (Å²) in [6.07, 6.45) is 3.51. The Morgan fingerprint density at radius 1 is 1.50 bits per heavy atom. The van der Waals surface area contributed by atoms with Gasteiger partial charge in [0.05, 0.1) is 6.67 Å². The lowest BCUT2D eigenvalue weighted by Gasteiger charge is -2.15. The molecule has 0 aromatic rings. The first-order valence-electron chi connectivity index (χ1n) is 4.22. The Kier molecular flexibility index (Phi) is 1.65. The quantitative estimate of drug-likeness (QED) is 0.578. The molecule has 2 fully saturated rings. The van der Waals surface area contributed by atoms with Crippen LogP contribution in [0, 0.1) is 5.92 Å². The van der Waals surface area contributed by atoms with Crippen LogP contribution in [0.5, 0.6) is 0 Å². The number of fused-ring (bicyclic) bond motifs is 1. The van der Waals surface area contributed by atoms with E-state index in [-0.39, 0.29) is 6.67 Å². The van der Waals surface area contributed by atoms with Gasteiger partial charge in [0.1, 0.15) is 0 Å². The molecule has 2 rings (SSSR count). The highest BCUT2D eigenvalue weighted by molar-refractivity contribution is 5.00. The Morgan fingerprint density at radius 3 is 2.90 bits per heavy atom. The van der Waals surface area contributed by atoms with Crippen LogP contribution >= 0.6 is 0 Å². The van der Waals surface area contributed by atoms with Crippen molar-refractivity contribution in [2.24, 2.45) is 5.92 Å². The predicted octanol–water partition coefficient (Wildman–Crippen LogP) is 1.44. The molecule has 0 bridgehead atoms. The molecule has 1 nitrogen and oxygen atoms in total. The second-order valence-electron chi connectivity index (χ2n) is 3.43. The van der Waals surface area contributed by atoms with Crippen molar-refractivity contribution >= 4 is 0 Å². The van der Waals surface area contributed by atoms with Gasteiger partial charge < -0.3 is 0 Å². The van der Waals surface area contributed by atoms with E-state index in [2.05, 4.69) is 4.90 Å². The van der Waals surface area contributed by atoms with Crippen molar-refractivity contribution in [2.75, 3.05) is 19.8 Å². The van der Waals surface area contributed by atoms with Gasteiger partial charge in [-0.15, -0.1) is 0 Å². The fourth-order valence-corrected chi connectivity index (χ4v) is 2.03. The minimum atomic E-state index is -0.145. The van der Waals surface area contributed by atoms with E-state index in [4.69, 9.17) is 0 Å². The zero-order valence-corrected chi connectivity index (χ0v) is 6.22. The maximum Gasteiger partial charge on any atom is 0.0906 e. The minimum Gasteiger partial charge on any atom is -0.300 e. The van der Waals surface area contributed by atoms with E-state index in [0.717, 1.165) is 24.9 Å². The van der Waals surface area contributed by atoms with E-state index >= 15 is 0 Å². The van der Waals surface area contributed by atoms with Crippen LogP contribution in [0.3, 0.4) is 0 Å². The van der Waals surface area contributed by atoms with Crippen LogP contribution in [-0.2, 0) is 0 Å². The molecule has 1 saturated carbocycles. The maximum atomic E-state index is 11.8. The van der Waals surface area contributed by atoms with E-state index < -0.39 is 0 Å². The fourth-order valence-electron chi connectivity index (χ4n) is 2.03. The first-order valence-corrected chi connectivity index (χ1v) is 4.22. The zero-order valence-electron chi connectivity index (χ0n) is 6.22. The standard InChI is InChI=1S/C8H14FN/c9-3-1-4-10-5-2-7-6-8(7)10/h7-8H,1-6H2. The third-order valence-corrected chi connectivity index (χ3v) is 2.72. The summed E-state index contributed by atoms with van der Waals surface area (Å²) in [4.78, 5) is 2.45. The highest BCUT2D eigenvalue weighted by Crippen LogP contribution is 2.44. The summed E-state index contributed by atoms with van der Waals surface area (Å²) in [5.41, 5.74) is 0. The predicted molar refractivity (Wildman–Crippen MR) is 38.7 cm³/mol. The normalized spacial score (nSPS) is 38.1. The van der Waals surface area contributed by atoms with Crippen LogP contribution in [0.25, 0.3) is 0 Å². The molecule has 1 heterocycles. The van der Waals surface area contributed by atoms with E-state index in [0.29, 0.717) is 0 Å². The summed E-state index contributed by atoms with van der Waals surface area (Å²) < 4.78 is 11.8. The number of alkyl halides is 1. The summed E-state index contributed by atoms with van der Waals surface area (Å²) in [6, 6.07) is 0.867. The SMILES string of the molecule is FCCCN1CCC2CC21. The van der Waals surface area contributed by atoms with E-state index in [1.165, 1.54) is 19.4 Å². The molecule has 2 aliphatic rings. The first kappa shape index (κ1) is 6.59. The summed E-state index contributed by atoms with van der Waals surface area (Å²) >= 11 is 0. The average molecular weight is 143 g/mol. The molecule has 2 heteroatoms. The van der Waals surface area contributed by atoms with Gasteiger partial charge in [-0.2, -0.15) is 0 Å². The first-order chi connectivity index (χ1) is 4.92. The summed E-state index contributed by atoms with van der Waals surface area (Å²) in [5.74, 6) is 1.000. The van der Waals surface area contributed by atoms with Crippen molar-refractivity contribution < 1.29 is 4.39 Å². The molecule has 1 aliphatic heterocycles. The average Bonchev–Trinajstić information content (AvgIpc) is 2.63. The number of hydrogen-bond acceptors (Lipinski definition) is 1. The van der Waals surface area contributed by atoms with E-state index in [1.54, 1.807) is 0 Å². The Balaban J connectivity index is 1.72. The Morgan fingerprint density at radius 2 is 2.40 bits per heavy atom. The molecule has 0 aromatic carbocycles. The highest BCUT2D eigenvalue weighted by Gasteiger charge is 2.45. The Labute approximate surface area is 61.2 Å². The van der Waals surface area contributed by atoms with Gasteiger partial charge in [-0.25, -0.2) is 0 Å². The van der Waals surface area contributed by atoms with E-state index in [9.17, 15) is 4.39 Å². The van der Waals surface area contributed by atoms with Crippen molar-refractivity contribution in [1.82, 2.24) is 4.90 Å². The second kappa shape index (κ2) is 2.50. The number of likely N-dealkylation sites (tertiary alicyclic amines) is 1. The van der Waals surface area contributed by atoms with Crippen LogP contribution in [0.1, 0.15) is 19.3 Å². The number of piperidine rings is 1. The van der Waals surface area contributed by atoms with Crippen molar-refractivity contribution in [2.45, 2.75) is 25.3 Å². The van der Waals surface area contributed by atoms with Crippen LogP contribution in [0.4, 0.5) is 4.39 Å². The third-order valence-electron chi connectivity index (χ3n) is 2.72. The van der Waals surface area contributed by atoms with Gasteiger partial charge in [-0.05, 0) is 31.7 Å². The molecular weight excluding hydrogens is 129 g/mol. The minimum absolute atomic E-state index is 0.145. The lowest BCUT2D eigenvalue weighted by molar-refractivity contribution is 0.281. The van der Waals surface area contributed by atoms with Gasteiger partial charge in [-0.1, -0.05) is 0 Å².